The van der Waals surface area contributed by atoms with E-state index in [0.29, 0.717) is 13.1 Å². The SMILES string of the molecule is CCN(CC1CCCNC1)S(=O)(=O)c1cccc(Cl)c1F. The van der Waals surface area contributed by atoms with E-state index in [4.69, 9.17) is 11.6 Å². The van der Waals surface area contributed by atoms with Gasteiger partial charge in [-0.25, -0.2) is 12.8 Å². The molecule has 1 heterocycles. The topological polar surface area (TPSA) is 49.4 Å². The highest BCUT2D eigenvalue weighted by atomic mass is 35.5. The molecule has 2 rings (SSSR count). The van der Waals surface area contributed by atoms with Crippen molar-refractivity contribution in [2.24, 2.45) is 5.92 Å². The molecule has 1 aliphatic rings. The van der Waals surface area contributed by atoms with E-state index in [1.165, 1.54) is 22.5 Å². The van der Waals surface area contributed by atoms with Gasteiger partial charge in [0.1, 0.15) is 4.90 Å². The van der Waals surface area contributed by atoms with Gasteiger partial charge in [-0.1, -0.05) is 24.6 Å². The maximum absolute atomic E-state index is 14.0. The molecule has 0 saturated carbocycles. The van der Waals surface area contributed by atoms with Crippen molar-refractivity contribution in [3.8, 4) is 0 Å². The number of nitrogens with zero attached hydrogens (tertiary/aromatic N) is 1. The molecule has 4 nitrogen and oxygen atoms in total. The van der Waals surface area contributed by atoms with Crippen molar-refractivity contribution < 1.29 is 12.8 Å². The maximum atomic E-state index is 14.0. The standard InChI is InChI=1S/C14H20ClFN2O2S/c1-2-18(10-11-5-4-8-17-9-11)21(19,20)13-7-3-6-12(15)14(13)16/h3,6-7,11,17H,2,4-5,8-10H2,1H3. The summed E-state index contributed by atoms with van der Waals surface area (Å²) in [5.41, 5.74) is 0. The second kappa shape index (κ2) is 7.05. The summed E-state index contributed by atoms with van der Waals surface area (Å²) in [6.45, 7) is 4.24. The molecular formula is C14H20ClFN2O2S. The Morgan fingerprint density at radius 2 is 2.24 bits per heavy atom. The molecule has 118 valence electrons. The van der Waals surface area contributed by atoms with E-state index in [0.717, 1.165) is 25.9 Å². The zero-order valence-electron chi connectivity index (χ0n) is 12.0. The van der Waals surface area contributed by atoms with Crippen molar-refractivity contribution in [3.63, 3.8) is 0 Å². The first-order valence-corrected chi connectivity index (χ1v) is 8.93. The molecule has 0 aromatic heterocycles. The van der Waals surface area contributed by atoms with Crippen LogP contribution in [0.25, 0.3) is 0 Å². The minimum Gasteiger partial charge on any atom is -0.316 e. The number of rotatable bonds is 5. The first-order valence-electron chi connectivity index (χ1n) is 7.11. The van der Waals surface area contributed by atoms with Crippen molar-refractivity contribution in [2.45, 2.75) is 24.7 Å². The van der Waals surface area contributed by atoms with Crippen LogP contribution in [0.1, 0.15) is 19.8 Å². The molecule has 1 aliphatic heterocycles. The van der Waals surface area contributed by atoms with Crippen molar-refractivity contribution in [3.05, 3.63) is 29.0 Å². The third-order valence-corrected chi connectivity index (χ3v) is 6.00. The lowest BCUT2D eigenvalue weighted by molar-refractivity contribution is 0.297. The highest BCUT2D eigenvalue weighted by Crippen LogP contribution is 2.26. The van der Waals surface area contributed by atoms with E-state index in [9.17, 15) is 12.8 Å². The van der Waals surface area contributed by atoms with Gasteiger partial charge < -0.3 is 5.32 Å². The molecule has 0 aliphatic carbocycles. The summed E-state index contributed by atoms with van der Waals surface area (Å²) in [6.07, 6.45) is 2.02. The van der Waals surface area contributed by atoms with Crippen molar-refractivity contribution in [1.82, 2.24) is 9.62 Å². The predicted molar refractivity (Wildman–Crippen MR) is 81.4 cm³/mol. The molecule has 1 saturated heterocycles. The Bertz CT molecular complexity index is 589. The van der Waals surface area contributed by atoms with Crippen LogP contribution in [-0.4, -0.2) is 38.9 Å². The van der Waals surface area contributed by atoms with Gasteiger partial charge in [-0.2, -0.15) is 4.31 Å². The smallest absolute Gasteiger partial charge is 0.246 e. The molecule has 1 fully saturated rings. The molecule has 1 unspecified atom stereocenters. The summed E-state index contributed by atoms with van der Waals surface area (Å²) >= 11 is 5.69. The molecular weight excluding hydrogens is 315 g/mol. The van der Waals surface area contributed by atoms with E-state index in [1.807, 2.05) is 0 Å². The highest BCUT2D eigenvalue weighted by molar-refractivity contribution is 7.89. The van der Waals surface area contributed by atoms with Crippen molar-refractivity contribution in [2.75, 3.05) is 26.2 Å². The highest BCUT2D eigenvalue weighted by Gasteiger charge is 2.29. The Labute approximate surface area is 130 Å². The average Bonchev–Trinajstić information content (AvgIpc) is 2.48. The van der Waals surface area contributed by atoms with Crippen molar-refractivity contribution in [1.29, 1.82) is 0 Å². The second-order valence-electron chi connectivity index (χ2n) is 5.22. The van der Waals surface area contributed by atoms with Gasteiger partial charge in [0.05, 0.1) is 5.02 Å². The lowest BCUT2D eigenvalue weighted by Gasteiger charge is -2.29. The van der Waals surface area contributed by atoms with E-state index in [1.54, 1.807) is 6.92 Å². The zero-order valence-corrected chi connectivity index (χ0v) is 13.6. The van der Waals surface area contributed by atoms with Gasteiger partial charge in [-0.3, -0.25) is 0 Å². The summed E-state index contributed by atoms with van der Waals surface area (Å²) in [5, 5.41) is 3.08. The quantitative estimate of drug-likeness (QED) is 0.900. The number of benzene rings is 1. The number of piperidine rings is 1. The van der Waals surface area contributed by atoms with Crippen LogP contribution < -0.4 is 5.32 Å². The van der Waals surface area contributed by atoms with Gasteiger partial charge in [0.15, 0.2) is 5.82 Å². The third-order valence-electron chi connectivity index (χ3n) is 3.75. The molecule has 1 aromatic carbocycles. The third kappa shape index (κ3) is 3.74. The molecule has 21 heavy (non-hydrogen) atoms. The van der Waals surface area contributed by atoms with Gasteiger partial charge >= 0.3 is 0 Å². The van der Waals surface area contributed by atoms with Crippen LogP contribution in [0.15, 0.2) is 23.1 Å². The van der Waals surface area contributed by atoms with Gasteiger partial charge in [-0.15, -0.1) is 0 Å². The van der Waals surface area contributed by atoms with E-state index in [2.05, 4.69) is 5.32 Å². The van der Waals surface area contributed by atoms with Crippen LogP contribution in [0.5, 0.6) is 0 Å². The Kier molecular flexibility index (Phi) is 5.60. The fraction of sp³-hybridized carbons (Fsp3) is 0.571. The van der Waals surface area contributed by atoms with Gasteiger partial charge in [-0.05, 0) is 44.0 Å². The number of hydrogen-bond acceptors (Lipinski definition) is 3. The van der Waals surface area contributed by atoms with Crippen LogP contribution in [0.2, 0.25) is 5.02 Å². The second-order valence-corrected chi connectivity index (χ2v) is 7.53. The Hall–Kier alpha value is -0.690. The Balaban J connectivity index is 2.24. The summed E-state index contributed by atoms with van der Waals surface area (Å²) in [7, 11) is -3.86. The van der Waals surface area contributed by atoms with Crippen LogP contribution in [0.4, 0.5) is 4.39 Å². The normalized spacial score (nSPS) is 19.9. The monoisotopic (exact) mass is 334 g/mol. The van der Waals surface area contributed by atoms with Crippen LogP contribution in [-0.2, 0) is 10.0 Å². The maximum Gasteiger partial charge on any atom is 0.246 e. The average molecular weight is 335 g/mol. The molecule has 1 aromatic rings. The van der Waals surface area contributed by atoms with Gasteiger partial charge in [0, 0.05) is 13.1 Å². The van der Waals surface area contributed by atoms with Crippen LogP contribution in [0.3, 0.4) is 0 Å². The molecule has 1 N–H and O–H groups in total. The first-order chi connectivity index (χ1) is 9.96. The molecule has 1 atom stereocenters. The van der Waals surface area contributed by atoms with Crippen molar-refractivity contribution >= 4 is 21.6 Å². The van der Waals surface area contributed by atoms with E-state index >= 15 is 0 Å². The summed E-state index contributed by atoms with van der Waals surface area (Å²) in [4.78, 5) is -0.347. The number of nitrogens with one attached hydrogen (secondary N) is 1. The summed E-state index contributed by atoms with van der Waals surface area (Å²) in [5.74, 6) is -0.616. The van der Waals surface area contributed by atoms with Crippen LogP contribution in [0, 0.1) is 11.7 Å². The van der Waals surface area contributed by atoms with E-state index < -0.39 is 15.8 Å². The lowest BCUT2D eigenvalue weighted by atomic mass is 10.00. The zero-order chi connectivity index (χ0) is 15.5. The minimum absolute atomic E-state index is 0.175. The first kappa shape index (κ1) is 16.7. The fourth-order valence-electron chi connectivity index (χ4n) is 2.59. The Morgan fingerprint density at radius 3 is 2.86 bits per heavy atom. The molecule has 0 bridgehead atoms. The Morgan fingerprint density at radius 1 is 1.48 bits per heavy atom. The number of halogens is 2. The van der Waals surface area contributed by atoms with E-state index in [-0.39, 0.29) is 15.8 Å². The van der Waals surface area contributed by atoms with Gasteiger partial charge in [0.2, 0.25) is 10.0 Å². The number of sulfonamides is 1. The minimum atomic E-state index is -3.86. The molecule has 0 spiro atoms. The fourth-order valence-corrected chi connectivity index (χ4v) is 4.43. The molecule has 7 heteroatoms. The summed E-state index contributed by atoms with van der Waals surface area (Å²) in [6, 6.07) is 4.06. The largest absolute Gasteiger partial charge is 0.316 e. The van der Waals surface area contributed by atoms with Gasteiger partial charge in [0.25, 0.3) is 0 Å². The number of hydrogen-bond donors (Lipinski definition) is 1. The molecule has 0 amide bonds. The molecule has 0 radical (unpaired) electrons. The van der Waals surface area contributed by atoms with Crippen LogP contribution >= 0.6 is 11.6 Å². The lowest BCUT2D eigenvalue weighted by Crippen LogP contribution is -2.41. The predicted octanol–water partition coefficient (Wildman–Crippen LogP) is 2.49. The summed E-state index contributed by atoms with van der Waals surface area (Å²) < 4.78 is 40.6.